The van der Waals surface area contributed by atoms with Crippen molar-refractivity contribution in [1.82, 2.24) is 4.90 Å². The van der Waals surface area contributed by atoms with Crippen molar-refractivity contribution < 1.29 is 9.84 Å². The summed E-state index contributed by atoms with van der Waals surface area (Å²) >= 11 is 0. The first-order valence-corrected chi connectivity index (χ1v) is 5.56. The van der Waals surface area contributed by atoms with E-state index in [-0.39, 0.29) is 6.04 Å². The van der Waals surface area contributed by atoms with Crippen molar-refractivity contribution in [2.24, 2.45) is 0 Å². The molecule has 1 N–H and O–H groups in total. The smallest absolute Gasteiger partial charge is 0.131 e. The largest absolute Gasteiger partial charge is 0.485 e. The molecule has 0 saturated heterocycles. The van der Waals surface area contributed by atoms with Gasteiger partial charge < -0.3 is 9.84 Å². The molecule has 2 atom stereocenters. The maximum absolute atomic E-state index is 10.3. The highest BCUT2D eigenvalue weighted by atomic mass is 16.5. The Balaban J connectivity index is 2.51. The van der Waals surface area contributed by atoms with Gasteiger partial charge in [-0.1, -0.05) is 18.2 Å². The average molecular weight is 221 g/mol. The number of nitrogens with zero attached hydrogens (tertiary/aromatic N) is 1. The van der Waals surface area contributed by atoms with Crippen molar-refractivity contribution in [2.45, 2.75) is 31.6 Å². The van der Waals surface area contributed by atoms with Crippen molar-refractivity contribution in [3.05, 3.63) is 29.8 Å². The van der Waals surface area contributed by atoms with E-state index >= 15 is 0 Å². The Morgan fingerprint density at radius 2 is 1.88 bits per heavy atom. The first-order valence-electron chi connectivity index (χ1n) is 5.56. The van der Waals surface area contributed by atoms with Crippen molar-refractivity contribution in [1.29, 1.82) is 0 Å². The van der Waals surface area contributed by atoms with Crippen LogP contribution in [0, 0.1) is 0 Å². The van der Waals surface area contributed by atoms with Gasteiger partial charge >= 0.3 is 0 Å². The highest BCUT2D eigenvalue weighted by molar-refractivity contribution is 5.40. The number of likely N-dealkylation sites (N-methyl/N-ethyl adjacent to an activating group) is 1. The van der Waals surface area contributed by atoms with E-state index in [0.29, 0.717) is 0 Å². The fourth-order valence-electron chi connectivity index (χ4n) is 2.27. The molecule has 0 radical (unpaired) electrons. The van der Waals surface area contributed by atoms with Gasteiger partial charge in [-0.3, -0.25) is 4.90 Å². The summed E-state index contributed by atoms with van der Waals surface area (Å²) < 4.78 is 5.84. The third kappa shape index (κ3) is 1.70. The second kappa shape index (κ2) is 3.75. The van der Waals surface area contributed by atoms with Crippen molar-refractivity contribution >= 4 is 0 Å². The molecular formula is C13H19NO2. The van der Waals surface area contributed by atoms with Crippen LogP contribution in [0.2, 0.25) is 0 Å². The molecule has 0 aliphatic carbocycles. The number of aliphatic hydroxyl groups is 1. The number of fused-ring (bicyclic) bond motifs is 1. The fraction of sp³-hybridized carbons (Fsp3) is 0.538. The fourth-order valence-corrected chi connectivity index (χ4v) is 2.27. The second-order valence-electron chi connectivity index (χ2n) is 5.10. The van der Waals surface area contributed by atoms with Crippen LogP contribution in [0.25, 0.3) is 0 Å². The number of ether oxygens (including phenoxy) is 1. The van der Waals surface area contributed by atoms with Gasteiger partial charge in [-0.15, -0.1) is 0 Å². The molecular weight excluding hydrogens is 202 g/mol. The van der Waals surface area contributed by atoms with Crippen LogP contribution in [-0.4, -0.2) is 35.8 Å². The molecule has 1 aromatic rings. The number of benzene rings is 1. The zero-order valence-corrected chi connectivity index (χ0v) is 10.3. The molecule has 0 bridgehead atoms. The molecule has 2 unspecified atom stereocenters. The van der Waals surface area contributed by atoms with Gasteiger partial charge in [-0.2, -0.15) is 0 Å². The minimum Gasteiger partial charge on any atom is -0.485 e. The Kier molecular flexibility index (Phi) is 2.68. The zero-order valence-electron chi connectivity index (χ0n) is 10.3. The van der Waals surface area contributed by atoms with E-state index in [1.807, 2.05) is 57.1 Å². The first kappa shape index (κ1) is 11.4. The number of rotatable bonds is 1. The molecule has 0 saturated carbocycles. The number of hydrogen-bond acceptors (Lipinski definition) is 3. The van der Waals surface area contributed by atoms with E-state index in [0.717, 1.165) is 11.3 Å². The first-order chi connectivity index (χ1) is 7.43. The minimum absolute atomic E-state index is 0.0139. The van der Waals surface area contributed by atoms with E-state index in [4.69, 9.17) is 4.74 Å². The molecule has 16 heavy (non-hydrogen) atoms. The van der Waals surface area contributed by atoms with Crippen LogP contribution in [0.4, 0.5) is 0 Å². The highest BCUT2D eigenvalue weighted by Gasteiger charge is 2.43. The lowest BCUT2D eigenvalue weighted by Gasteiger charge is -2.44. The van der Waals surface area contributed by atoms with Crippen LogP contribution in [-0.2, 0) is 0 Å². The third-order valence-corrected chi connectivity index (χ3v) is 3.18. The maximum Gasteiger partial charge on any atom is 0.131 e. The monoisotopic (exact) mass is 221 g/mol. The van der Waals surface area contributed by atoms with Crippen LogP contribution in [0.5, 0.6) is 5.75 Å². The van der Waals surface area contributed by atoms with Crippen LogP contribution in [0.1, 0.15) is 25.5 Å². The van der Waals surface area contributed by atoms with Gasteiger partial charge in [0.15, 0.2) is 0 Å². The highest BCUT2D eigenvalue weighted by Crippen LogP contribution is 2.41. The lowest BCUT2D eigenvalue weighted by Crippen LogP contribution is -2.52. The third-order valence-electron chi connectivity index (χ3n) is 3.18. The summed E-state index contributed by atoms with van der Waals surface area (Å²) in [5.41, 5.74) is 0.503. The zero-order chi connectivity index (χ0) is 11.9. The summed E-state index contributed by atoms with van der Waals surface area (Å²) in [5.74, 6) is 0.872. The molecule has 1 aliphatic heterocycles. The van der Waals surface area contributed by atoms with Crippen LogP contribution < -0.4 is 4.74 Å². The maximum atomic E-state index is 10.3. The molecule has 1 aromatic carbocycles. The molecule has 3 nitrogen and oxygen atoms in total. The summed E-state index contributed by atoms with van der Waals surface area (Å²) in [6.45, 7) is 3.84. The summed E-state index contributed by atoms with van der Waals surface area (Å²) in [6, 6.07) is 7.89. The van der Waals surface area contributed by atoms with Crippen molar-refractivity contribution in [3.63, 3.8) is 0 Å². The summed E-state index contributed by atoms with van der Waals surface area (Å²) in [4.78, 5) is 2.04. The molecule has 1 heterocycles. The standard InChI is InChI=1S/C13H19NO2/c1-13(2)12(15)11(14(3)4)9-7-5-6-8-10(9)16-13/h5-8,11-12,15H,1-4H3. The predicted octanol–water partition coefficient (Wildman–Crippen LogP) is 1.82. The topological polar surface area (TPSA) is 32.7 Å². The van der Waals surface area contributed by atoms with Gasteiger partial charge in [-0.05, 0) is 34.0 Å². The molecule has 3 heteroatoms. The van der Waals surface area contributed by atoms with Gasteiger partial charge in [-0.25, -0.2) is 0 Å². The Morgan fingerprint density at radius 3 is 2.50 bits per heavy atom. The van der Waals surface area contributed by atoms with E-state index in [1.54, 1.807) is 0 Å². The van der Waals surface area contributed by atoms with Gasteiger partial charge in [0.2, 0.25) is 0 Å². The quantitative estimate of drug-likeness (QED) is 0.785. The lowest BCUT2D eigenvalue weighted by atomic mass is 9.86. The normalized spacial score (nSPS) is 27.4. The molecule has 2 rings (SSSR count). The van der Waals surface area contributed by atoms with E-state index in [2.05, 4.69) is 0 Å². The molecule has 1 aliphatic rings. The summed E-state index contributed by atoms with van der Waals surface area (Å²) in [5, 5.41) is 10.3. The predicted molar refractivity (Wildman–Crippen MR) is 63.6 cm³/mol. The van der Waals surface area contributed by atoms with Crippen molar-refractivity contribution in [2.75, 3.05) is 14.1 Å². The molecule has 0 spiro atoms. The van der Waals surface area contributed by atoms with E-state index in [9.17, 15) is 5.11 Å². The van der Waals surface area contributed by atoms with Crippen molar-refractivity contribution in [3.8, 4) is 5.75 Å². The van der Waals surface area contributed by atoms with E-state index in [1.165, 1.54) is 0 Å². The molecule has 0 aromatic heterocycles. The Hall–Kier alpha value is -1.06. The number of aliphatic hydroxyl groups excluding tert-OH is 1. The minimum atomic E-state index is -0.552. The molecule has 88 valence electrons. The SMILES string of the molecule is CN(C)C1c2ccccc2OC(C)(C)C1O. The Bertz CT molecular complexity index is 387. The van der Waals surface area contributed by atoms with Gasteiger partial charge in [0.05, 0.1) is 6.04 Å². The van der Waals surface area contributed by atoms with Crippen LogP contribution in [0.3, 0.4) is 0 Å². The molecule has 0 fully saturated rings. The van der Waals surface area contributed by atoms with Gasteiger partial charge in [0, 0.05) is 5.56 Å². The van der Waals surface area contributed by atoms with Crippen LogP contribution in [0.15, 0.2) is 24.3 Å². The van der Waals surface area contributed by atoms with Crippen LogP contribution >= 0.6 is 0 Å². The summed E-state index contributed by atoms with van der Waals surface area (Å²) in [7, 11) is 3.96. The second-order valence-corrected chi connectivity index (χ2v) is 5.10. The summed E-state index contributed by atoms with van der Waals surface area (Å²) in [6.07, 6.45) is -0.530. The number of para-hydroxylation sites is 1. The number of hydrogen-bond donors (Lipinski definition) is 1. The lowest BCUT2D eigenvalue weighted by molar-refractivity contribution is -0.0848. The Morgan fingerprint density at radius 1 is 1.25 bits per heavy atom. The van der Waals surface area contributed by atoms with Gasteiger partial charge in [0.25, 0.3) is 0 Å². The Labute approximate surface area is 96.6 Å². The average Bonchev–Trinajstić information content (AvgIpc) is 2.18. The van der Waals surface area contributed by atoms with Gasteiger partial charge in [0.1, 0.15) is 17.5 Å². The van der Waals surface area contributed by atoms with E-state index < -0.39 is 11.7 Å². The molecule has 0 amide bonds.